The van der Waals surface area contributed by atoms with Gasteiger partial charge in [-0.3, -0.25) is 9.59 Å². The molecule has 0 aliphatic heterocycles. The fourth-order valence-corrected chi connectivity index (χ4v) is 3.05. The highest BCUT2D eigenvalue weighted by Gasteiger charge is 2.20. The van der Waals surface area contributed by atoms with Crippen LogP contribution in [0.4, 0.5) is 0 Å². The predicted molar refractivity (Wildman–Crippen MR) is 108 cm³/mol. The average molecular weight is 374 g/mol. The number of rotatable bonds is 8. The van der Waals surface area contributed by atoms with Crippen LogP contribution < -0.4 is 4.74 Å². The van der Waals surface area contributed by atoms with Gasteiger partial charge in [0.15, 0.2) is 12.4 Å². The van der Waals surface area contributed by atoms with Crippen molar-refractivity contribution in [1.82, 2.24) is 0 Å². The third kappa shape index (κ3) is 5.07. The largest absolute Gasteiger partial charge is 0.497 e. The summed E-state index contributed by atoms with van der Waals surface area (Å²) in [5, 5.41) is 0. The Morgan fingerprint density at radius 3 is 2.00 bits per heavy atom. The van der Waals surface area contributed by atoms with E-state index >= 15 is 0 Å². The van der Waals surface area contributed by atoms with E-state index in [1.54, 1.807) is 24.3 Å². The van der Waals surface area contributed by atoms with Crippen LogP contribution >= 0.6 is 0 Å². The van der Waals surface area contributed by atoms with Gasteiger partial charge in [0.05, 0.1) is 13.5 Å². The lowest BCUT2D eigenvalue weighted by Crippen LogP contribution is -2.17. The van der Waals surface area contributed by atoms with E-state index in [1.807, 2.05) is 60.7 Å². The first-order valence-corrected chi connectivity index (χ1v) is 9.10. The molecule has 0 aromatic heterocycles. The molecule has 0 spiro atoms. The van der Waals surface area contributed by atoms with Gasteiger partial charge in [0.2, 0.25) is 0 Å². The van der Waals surface area contributed by atoms with E-state index in [-0.39, 0.29) is 24.7 Å². The fourth-order valence-electron chi connectivity index (χ4n) is 3.05. The minimum absolute atomic E-state index is 0.123. The van der Waals surface area contributed by atoms with E-state index in [9.17, 15) is 9.59 Å². The first-order chi connectivity index (χ1) is 13.7. The second-order valence-corrected chi connectivity index (χ2v) is 6.39. The van der Waals surface area contributed by atoms with Gasteiger partial charge in [-0.05, 0) is 23.3 Å². The van der Waals surface area contributed by atoms with Gasteiger partial charge in [0, 0.05) is 11.5 Å². The molecule has 3 aromatic rings. The molecule has 142 valence electrons. The van der Waals surface area contributed by atoms with Crippen molar-refractivity contribution in [2.75, 3.05) is 13.7 Å². The Balaban J connectivity index is 1.66. The minimum Gasteiger partial charge on any atom is -0.497 e. The Labute approximate surface area is 164 Å². The molecule has 4 nitrogen and oxygen atoms in total. The molecule has 0 aliphatic rings. The van der Waals surface area contributed by atoms with Crippen molar-refractivity contribution in [2.24, 2.45) is 0 Å². The van der Waals surface area contributed by atoms with Gasteiger partial charge >= 0.3 is 5.97 Å². The zero-order valence-electron chi connectivity index (χ0n) is 15.7. The van der Waals surface area contributed by atoms with E-state index < -0.39 is 5.97 Å². The highest BCUT2D eigenvalue weighted by atomic mass is 16.5. The van der Waals surface area contributed by atoms with Gasteiger partial charge in [-0.25, -0.2) is 0 Å². The summed E-state index contributed by atoms with van der Waals surface area (Å²) in [4.78, 5) is 24.8. The highest BCUT2D eigenvalue weighted by Crippen LogP contribution is 2.28. The lowest BCUT2D eigenvalue weighted by atomic mass is 9.89. The molecule has 0 aliphatic carbocycles. The maximum atomic E-state index is 12.5. The summed E-state index contributed by atoms with van der Waals surface area (Å²) < 4.78 is 10.4. The Morgan fingerprint density at radius 1 is 0.821 bits per heavy atom. The topological polar surface area (TPSA) is 52.6 Å². The molecule has 3 aromatic carbocycles. The van der Waals surface area contributed by atoms with Crippen molar-refractivity contribution < 1.29 is 19.1 Å². The van der Waals surface area contributed by atoms with Gasteiger partial charge in [-0.15, -0.1) is 0 Å². The number of ketones is 1. The molecular formula is C24H22O4. The number of carbonyl (C=O) groups excluding carboxylic acids is 2. The molecular weight excluding hydrogens is 352 g/mol. The second-order valence-electron chi connectivity index (χ2n) is 6.39. The van der Waals surface area contributed by atoms with Gasteiger partial charge in [0.1, 0.15) is 5.75 Å². The first kappa shape index (κ1) is 19.4. The number of esters is 1. The summed E-state index contributed by atoms with van der Waals surface area (Å²) >= 11 is 0. The molecule has 0 fully saturated rings. The summed E-state index contributed by atoms with van der Waals surface area (Å²) in [6.07, 6.45) is 0.166. The molecule has 0 unspecified atom stereocenters. The van der Waals surface area contributed by atoms with Crippen molar-refractivity contribution in [1.29, 1.82) is 0 Å². The molecule has 28 heavy (non-hydrogen) atoms. The number of ether oxygens (including phenoxy) is 2. The number of hydrogen-bond acceptors (Lipinski definition) is 4. The summed E-state index contributed by atoms with van der Waals surface area (Å²) in [6, 6.07) is 26.4. The minimum atomic E-state index is -0.408. The van der Waals surface area contributed by atoms with Crippen LogP contribution in [0.1, 0.15) is 33.8 Å². The molecule has 0 atom stereocenters. The normalized spacial score (nSPS) is 10.5. The highest BCUT2D eigenvalue weighted by molar-refractivity contribution is 5.98. The third-order valence-electron chi connectivity index (χ3n) is 4.53. The van der Waals surface area contributed by atoms with Crippen LogP contribution in [0, 0.1) is 0 Å². The van der Waals surface area contributed by atoms with Crippen molar-refractivity contribution in [3.05, 3.63) is 102 Å². The SMILES string of the molecule is COc1cccc(C(=O)COC(=O)CC(c2ccccc2)c2ccccc2)c1. The Morgan fingerprint density at radius 2 is 1.43 bits per heavy atom. The van der Waals surface area contributed by atoms with Crippen LogP contribution in [0.25, 0.3) is 0 Å². The number of benzene rings is 3. The smallest absolute Gasteiger partial charge is 0.307 e. The number of methoxy groups -OCH3 is 1. The Hall–Kier alpha value is -3.40. The van der Waals surface area contributed by atoms with Crippen LogP contribution in [-0.2, 0) is 9.53 Å². The first-order valence-electron chi connectivity index (χ1n) is 9.10. The van der Waals surface area contributed by atoms with Crippen molar-refractivity contribution in [3.8, 4) is 5.75 Å². The van der Waals surface area contributed by atoms with Crippen molar-refractivity contribution in [3.63, 3.8) is 0 Å². The average Bonchev–Trinajstić information content (AvgIpc) is 2.77. The summed E-state index contributed by atoms with van der Waals surface area (Å²) in [6.45, 7) is -0.289. The quantitative estimate of drug-likeness (QED) is 0.426. The molecule has 0 radical (unpaired) electrons. The fraction of sp³-hybridized carbons (Fsp3) is 0.167. The Bertz CT molecular complexity index is 880. The maximum Gasteiger partial charge on any atom is 0.307 e. The molecule has 0 bridgehead atoms. The van der Waals surface area contributed by atoms with Crippen LogP contribution in [0.5, 0.6) is 5.75 Å². The molecule has 3 rings (SSSR count). The zero-order chi connectivity index (χ0) is 19.8. The molecule has 0 heterocycles. The lowest BCUT2D eigenvalue weighted by Gasteiger charge is -2.17. The third-order valence-corrected chi connectivity index (χ3v) is 4.53. The lowest BCUT2D eigenvalue weighted by molar-refractivity contribution is -0.142. The molecule has 0 amide bonds. The molecule has 0 saturated carbocycles. The van der Waals surface area contributed by atoms with E-state index in [2.05, 4.69) is 0 Å². The van der Waals surface area contributed by atoms with Crippen LogP contribution in [0.2, 0.25) is 0 Å². The number of hydrogen-bond donors (Lipinski definition) is 0. The van der Waals surface area contributed by atoms with Gasteiger partial charge in [0.25, 0.3) is 0 Å². The van der Waals surface area contributed by atoms with Crippen LogP contribution in [-0.4, -0.2) is 25.5 Å². The molecule has 4 heteroatoms. The monoisotopic (exact) mass is 374 g/mol. The summed E-state index contributed by atoms with van der Waals surface area (Å²) in [5.74, 6) is -0.204. The number of Topliss-reactive ketones (excluding diaryl/α,β-unsaturated/α-hetero) is 1. The summed E-state index contributed by atoms with van der Waals surface area (Å²) in [7, 11) is 1.54. The summed E-state index contributed by atoms with van der Waals surface area (Å²) in [5.41, 5.74) is 2.52. The van der Waals surface area contributed by atoms with Gasteiger partial charge in [-0.2, -0.15) is 0 Å². The number of carbonyl (C=O) groups is 2. The van der Waals surface area contributed by atoms with Gasteiger partial charge < -0.3 is 9.47 Å². The van der Waals surface area contributed by atoms with Crippen LogP contribution in [0.3, 0.4) is 0 Å². The zero-order valence-corrected chi connectivity index (χ0v) is 15.7. The standard InChI is InChI=1S/C24H22O4/c1-27-21-14-8-13-20(15-21)23(25)17-28-24(26)16-22(18-9-4-2-5-10-18)19-11-6-3-7-12-19/h2-15,22H,16-17H2,1H3. The van der Waals surface area contributed by atoms with Gasteiger partial charge in [-0.1, -0.05) is 72.8 Å². The maximum absolute atomic E-state index is 12.5. The van der Waals surface area contributed by atoms with Crippen molar-refractivity contribution in [2.45, 2.75) is 12.3 Å². The second kappa shape index (κ2) is 9.51. The van der Waals surface area contributed by atoms with E-state index in [1.165, 1.54) is 7.11 Å². The molecule has 0 saturated heterocycles. The van der Waals surface area contributed by atoms with Crippen molar-refractivity contribution >= 4 is 11.8 Å². The van der Waals surface area contributed by atoms with E-state index in [0.717, 1.165) is 11.1 Å². The molecule has 0 N–H and O–H groups in total. The van der Waals surface area contributed by atoms with Crippen LogP contribution in [0.15, 0.2) is 84.9 Å². The van der Waals surface area contributed by atoms with E-state index in [4.69, 9.17) is 9.47 Å². The Kier molecular flexibility index (Phi) is 6.58. The predicted octanol–water partition coefficient (Wildman–Crippen LogP) is 4.64. The van der Waals surface area contributed by atoms with E-state index in [0.29, 0.717) is 11.3 Å².